The zero-order valence-corrected chi connectivity index (χ0v) is 7.76. The van der Waals surface area contributed by atoms with E-state index < -0.39 is 12.8 Å². The summed E-state index contributed by atoms with van der Waals surface area (Å²) in [6.45, 7) is -1.36. The first-order chi connectivity index (χ1) is 5.97. The molecule has 0 bridgehead atoms. The van der Waals surface area contributed by atoms with E-state index in [4.69, 9.17) is 0 Å². The van der Waals surface area contributed by atoms with Crippen molar-refractivity contribution in [1.29, 1.82) is 0 Å². The molecule has 0 fully saturated rings. The van der Waals surface area contributed by atoms with E-state index in [1.807, 2.05) is 0 Å². The highest BCUT2D eigenvalue weighted by Gasteiger charge is 2.28. The molecule has 1 rings (SSSR count). The van der Waals surface area contributed by atoms with E-state index in [-0.39, 0.29) is 5.88 Å². The fourth-order valence-electron chi connectivity index (χ4n) is 0.551. The summed E-state index contributed by atoms with van der Waals surface area (Å²) in [7, 11) is 0. The second-order valence-corrected chi connectivity index (χ2v) is 2.90. The van der Waals surface area contributed by atoms with Gasteiger partial charge in [0.05, 0.1) is 12.4 Å². The lowest BCUT2D eigenvalue weighted by molar-refractivity contribution is -0.154. The van der Waals surface area contributed by atoms with Crippen molar-refractivity contribution in [3.8, 4) is 5.88 Å². The molecule has 0 aromatic carbocycles. The molecule has 3 nitrogen and oxygen atoms in total. The Bertz CT molecular complexity index is 291. The Balaban J connectivity index is 2.55. The van der Waals surface area contributed by atoms with Crippen LogP contribution in [-0.4, -0.2) is 22.8 Å². The van der Waals surface area contributed by atoms with Gasteiger partial charge in [0.1, 0.15) is 4.60 Å². The highest BCUT2D eigenvalue weighted by atomic mass is 79.9. The third kappa shape index (κ3) is 4.07. The summed E-state index contributed by atoms with van der Waals surface area (Å²) >= 11 is 2.95. The monoisotopic (exact) mass is 256 g/mol. The number of aromatic nitrogens is 2. The molecular formula is C6H4BrF3N2O. The second-order valence-electron chi connectivity index (χ2n) is 2.08. The van der Waals surface area contributed by atoms with Gasteiger partial charge in [-0.3, -0.25) is 4.98 Å². The van der Waals surface area contributed by atoms with E-state index in [0.29, 0.717) is 4.60 Å². The van der Waals surface area contributed by atoms with Crippen LogP contribution in [0.15, 0.2) is 17.0 Å². The summed E-state index contributed by atoms with van der Waals surface area (Å²) in [5, 5.41) is 0. The van der Waals surface area contributed by atoms with Gasteiger partial charge in [0.25, 0.3) is 0 Å². The van der Waals surface area contributed by atoms with E-state index in [9.17, 15) is 13.2 Å². The van der Waals surface area contributed by atoms with Crippen LogP contribution in [0.3, 0.4) is 0 Å². The minimum Gasteiger partial charge on any atom is -0.467 e. The van der Waals surface area contributed by atoms with E-state index in [0.717, 1.165) is 6.20 Å². The average Bonchev–Trinajstić information content (AvgIpc) is 2.00. The number of ether oxygens (including phenoxy) is 1. The minimum absolute atomic E-state index is 0.160. The van der Waals surface area contributed by atoms with Gasteiger partial charge in [0, 0.05) is 0 Å². The fourth-order valence-corrected chi connectivity index (χ4v) is 0.844. The second kappa shape index (κ2) is 3.91. The fraction of sp³-hybridized carbons (Fsp3) is 0.333. The minimum atomic E-state index is -4.36. The summed E-state index contributed by atoms with van der Waals surface area (Å²) < 4.78 is 39.6. The SMILES string of the molecule is FC(F)(F)COc1cncc(Br)n1. The van der Waals surface area contributed by atoms with Gasteiger partial charge in [-0.15, -0.1) is 0 Å². The van der Waals surface area contributed by atoms with Gasteiger partial charge in [-0.2, -0.15) is 13.2 Å². The Hall–Kier alpha value is -0.850. The van der Waals surface area contributed by atoms with Crippen LogP contribution in [0.1, 0.15) is 0 Å². The van der Waals surface area contributed by atoms with Crippen LogP contribution in [0.4, 0.5) is 13.2 Å². The molecule has 0 saturated carbocycles. The Morgan fingerprint density at radius 2 is 2.08 bits per heavy atom. The van der Waals surface area contributed by atoms with Crippen molar-refractivity contribution in [3.63, 3.8) is 0 Å². The van der Waals surface area contributed by atoms with E-state index in [2.05, 4.69) is 30.6 Å². The Morgan fingerprint density at radius 3 is 2.62 bits per heavy atom. The van der Waals surface area contributed by atoms with Crippen LogP contribution >= 0.6 is 15.9 Å². The van der Waals surface area contributed by atoms with Gasteiger partial charge in [0.2, 0.25) is 5.88 Å². The van der Waals surface area contributed by atoms with Crippen molar-refractivity contribution in [2.24, 2.45) is 0 Å². The number of alkyl halides is 3. The molecule has 72 valence electrons. The van der Waals surface area contributed by atoms with Gasteiger partial charge in [0.15, 0.2) is 6.61 Å². The van der Waals surface area contributed by atoms with Crippen LogP contribution in [0.2, 0.25) is 0 Å². The predicted octanol–water partition coefficient (Wildman–Crippen LogP) is 2.18. The number of halogens is 4. The zero-order valence-electron chi connectivity index (χ0n) is 6.18. The molecule has 0 radical (unpaired) electrons. The van der Waals surface area contributed by atoms with Crippen LogP contribution in [0.25, 0.3) is 0 Å². The molecule has 0 amide bonds. The highest BCUT2D eigenvalue weighted by molar-refractivity contribution is 9.10. The number of hydrogen-bond acceptors (Lipinski definition) is 3. The van der Waals surface area contributed by atoms with Crippen LogP contribution in [-0.2, 0) is 0 Å². The van der Waals surface area contributed by atoms with Gasteiger partial charge < -0.3 is 4.74 Å². The smallest absolute Gasteiger partial charge is 0.422 e. The van der Waals surface area contributed by atoms with Crippen LogP contribution in [0.5, 0.6) is 5.88 Å². The molecule has 0 aliphatic heterocycles. The molecule has 1 heterocycles. The van der Waals surface area contributed by atoms with Crippen molar-refractivity contribution in [3.05, 3.63) is 17.0 Å². The lowest BCUT2D eigenvalue weighted by Gasteiger charge is -2.07. The normalized spacial score (nSPS) is 11.4. The Kier molecular flexibility index (Phi) is 3.07. The molecule has 0 N–H and O–H groups in total. The quantitative estimate of drug-likeness (QED) is 0.814. The standard InChI is InChI=1S/C6H4BrF3N2O/c7-4-1-11-2-5(12-4)13-3-6(8,9)10/h1-2H,3H2. The molecule has 1 aromatic heterocycles. The predicted molar refractivity (Wildman–Crippen MR) is 41.3 cm³/mol. The number of hydrogen-bond donors (Lipinski definition) is 0. The van der Waals surface area contributed by atoms with Crippen LogP contribution < -0.4 is 4.74 Å². The van der Waals surface area contributed by atoms with Crippen molar-refractivity contribution in [2.75, 3.05) is 6.61 Å². The van der Waals surface area contributed by atoms with Crippen molar-refractivity contribution >= 4 is 15.9 Å². The number of rotatable bonds is 2. The maximum atomic E-state index is 11.7. The molecular weight excluding hydrogens is 253 g/mol. The maximum Gasteiger partial charge on any atom is 0.422 e. The Labute approximate surface area is 80.1 Å². The topological polar surface area (TPSA) is 35.0 Å². The molecule has 0 unspecified atom stereocenters. The molecule has 0 spiro atoms. The molecule has 13 heavy (non-hydrogen) atoms. The zero-order chi connectivity index (χ0) is 9.90. The van der Waals surface area contributed by atoms with Crippen molar-refractivity contribution in [2.45, 2.75) is 6.18 Å². The van der Waals surface area contributed by atoms with Gasteiger partial charge in [-0.25, -0.2) is 4.98 Å². The van der Waals surface area contributed by atoms with Crippen LogP contribution in [0, 0.1) is 0 Å². The first-order valence-corrected chi connectivity index (χ1v) is 3.94. The first kappa shape index (κ1) is 10.2. The summed E-state index contributed by atoms with van der Waals surface area (Å²) in [5.41, 5.74) is 0. The lowest BCUT2D eigenvalue weighted by atomic mass is 10.7. The lowest BCUT2D eigenvalue weighted by Crippen LogP contribution is -2.19. The molecule has 7 heteroatoms. The molecule has 0 atom stereocenters. The van der Waals surface area contributed by atoms with Gasteiger partial charge >= 0.3 is 6.18 Å². The summed E-state index contributed by atoms with van der Waals surface area (Å²) in [4.78, 5) is 7.19. The van der Waals surface area contributed by atoms with E-state index >= 15 is 0 Å². The summed E-state index contributed by atoms with van der Waals surface area (Å²) in [6.07, 6.45) is -1.90. The first-order valence-electron chi connectivity index (χ1n) is 3.14. The highest BCUT2D eigenvalue weighted by Crippen LogP contribution is 2.17. The summed E-state index contributed by atoms with van der Waals surface area (Å²) in [5.74, 6) is -0.160. The molecule has 0 aliphatic rings. The van der Waals surface area contributed by atoms with E-state index in [1.165, 1.54) is 6.20 Å². The molecule has 0 aliphatic carbocycles. The molecule has 0 saturated heterocycles. The van der Waals surface area contributed by atoms with Gasteiger partial charge in [-0.1, -0.05) is 0 Å². The van der Waals surface area contributed by atoms with Gasteiger partial charge in [-0.05, 0) is 15.9 Å². The maximum absolute atomic E-state index is 11.7. The number of nitrogens with zero attached hydrogens (tertiary/aromatic N) is 2. The average molecular weight is 257 g/mol. The van der Waals surface area contributed by atoms with Crippen molar-refractivity contribution < 1.29 is 17.9 Å². The Morgan fingerprint density at radius 1 is 1.38 bits per heavy atom. The third-order valence-corrected chi connectivity index (χ3v) is 1.35. The largest absolute Gasteiger partial charge is 0.467 e. The van der Waals surface area contributed by atoms with Crippen molar-refractivity contribution in [1.82, 2.24) is 9.97 Å². The van der Waals surface area contributed by atoms with E-state index in [1.54, 1.807) is 0 Å². The summed E-state index contributed by atoms with van der Waals surface area (Å²) in [6, 6.07) is 0. The third-order valence-electron chi connectivity index (χ3n) is 0.967. The molecule has 1 aromatic rings.